The molecule has 4 aromatic rings. The summed E-state index contributed by atoms with van der Waals surface area (Å²) in [5.41, 5.74) is 3.34. The fourth-order valence-corrected chi connectivity index (χ4v) is 5.37. The first-order chi connectivity index (χ1) is 15.0. The second-order valence-electron chi connectivity index (χ2n) is 6.96. The van der Waals surface area contributed by atoms with Gasteiger partial charge in [0.1, 0.15) is 18.2 Å². The molecule has 5 heteroatoms. The molecule has 0 heterocycles. The smallest absolute Gasteiger partial charge is 0.146 e. The Morgan fingerprint density at radius 3 is 2.26 bits per heavy atom. The molecule has 0 atom stereocenters. The van der Waals surface area contributed by atoms with Crippen LogP contribution in [-0.2, 0) is 6.61 Å². The lowest BCUT2D eigenvalue weighted by Gasteiger charge is -2.12. The van der Waals surface area contributed by atoms with Crippen LogP contribution >= 0.6 is 45.2 Å². The van der Waals surface area contributed by atoms with Crippen LogP contribution in [0.15, 0.2) is 78.9 Å². The second-order valence-corrected chi connectivity index (χ2v) is 9.28. The van der Waals surface area contributed by atoms with E-state index in [1.807, 2.05) is 54.6 Å². The maximum atomic E-state index is 13.1. The van der Waals surface area contributed by atoms with Crippen LogP contribution in [0.4, 0.5) is 4.39 Å². The molecule has 0 unspecified atom stereocenters. The number of hydrogen-bond acceptors (Lipinski definition) is 2. The van der Waals surface area contributed by atoms with Crippen molar-refractivity contribution in [3.05, 3.63) is 109 Å². The highest BCUT2D eigenvalue weighted by molar-refractivity contribution is 14.1. The van der Waals surface area contributed by atoms with Crippen LogP contribution in [0.5, 0.6) is 5.75 Å². The van der Waals surface area contributed by atoms with Crippen molar-refractivity contribution in [1.29, 1.82) is 5.26 Å². The number of rotatable bonds is 5. The van der Waals surface area contributed by atoms with Crippen LogP contribution < -0.4 is 4.74 Å². The van der Waals surface area contributed by atoms with Gasteiger partial charge in [0.05, 0.1) is 18.8 Å². The van der Waals surface area contributed by atoms with Crippen molar-refractivity contribution >= 4 is 67.6 Å². The molecule has 0 aliphatic heterocycles. The van der Waals surface area contributed by atoms with Crippen LogP contribution in [0.1, 0.15) is 16.7 Å². The molecule has 0 amide bonds. The maximum Gasteiger partial charge on any atom is 0.146 e. The molecule has 0 N–H and O–H groups in total. The summed E-state index contributed by atoms with van der Waals surface area (Å²) >= 11 is 4.49. The minimum Gasteiger partial charge on any atom is -0.487 e. The number of hydrogen-bond donors (Lipinski definition) is 0. The summed E-state index contributed by atoms with van der Waals surface area (Å²) in [4.78, 5) is 0. The van der Waals surface area contributed by atoms with Crippen molar-refractivity contribution in [3.63, 3.8) is 0 Å². The molecule has 31 heavy (non-hydrogen) atoms. The van der Waals surface area contributed by atoms with E-state index in [9.17, 15) is 9.65 Å². The molecule has 0 radical (unpaired) electrons. The first-order valence-corrected chi connectivity index (χ1v) is 11.7. The molecule has 0 spiro atoms. The van der Waals surface area contributed by atoms with E-state index in [0.29, 0.717) is 12.2 Å². The Kier molecular flexibility index (Phi) is 6.88. The van der Waals surface area contributed by atoms with Gasteiger partial charge in [-0.25, -0.2) is 4.39 Å². The zero-order valence-corrected chi connectivity index (χ0v) is 20.6. The van der Waals surface area contributed by atoms with E-state index < -0.39 is 0 Å². The van der Waals surface area contributed by atoms with Gasteiger partial charge < -0.3 is 4.74 Å². The second kappa shape index (κ2) is 9.79. The average molecular weight is 631 g/mol. The van der Waals surface area contributed by atoms with Gasteiger partial charge in [0, 0.05) is 0 Å². The van der Waals surface area contributed by atoms with Gasteiger partial charge >= 0.3 is 0 Å². The fourth-order valence-electron chi connectivity index (χ4n) is 3.24. The Labute approximate surface area is 207 Å². The Balaban J connectivity index is 1.60. The van der Waals surface area contributed by atoms with Gasteiger partial charge in [-0.1, -0.05) is 48.5 Å². The van der Waals surface area contributed by atoms with E-state index in [4.69, 9.17) is 4.74 Å². The monoisotopic (exact) mass is 631 g/mol. The van der Waals surface area contributed by atoms with E-state index in [0.717, 1.165) is 40.4 Å². The lowest BCUT2D eigenvalue weighted by molar-refractivity contribution is 0.301. The summed E-state index contributed by atoms with van der Waals surface area (Å²) in [6, 6.07) is 26.8. The minimum absolute atomic E-state index is 0.260. The molecule has 2 nitrogen and oxygen atoms in total. The van der Waals surface area contributed by atoms with E-state index in [-0.39, 0.29) is 5.82 Å². The molecule has 0 aliphatic carbocycles. The SMILES string of the molecule is N#C/C(=C/c1cc(I)c(OCc2ccc(F)cc2)c(I)c1)c1ccc2ccccc2c1. The van der Waals surface area contributed by atoms with Gasteiger partial charge in [-0.05, 0) is 109 Å². The summed E-state index contributed by atoms with van der Waals surface area (Å²) in [5, 5.41) is 12.0. The van der Waals surface area contributed by atoms with Crippen molar-refractivity contribution in [2.75, 3.05) is 0 Å². The Morgan fingerprint density at radius 2 is 1.58 bits per heavy atom. The number of nitrogens with zero attached hydrogens (tertiary/aromatic N) is 1. The predicted octanol–water partition coefficient (Wildman–Crippen LogP) is 7.83. The molecule has 4 rings (SSSR count). The average Bonchev–Trinajstić information content (AvgIpc) is 2.78. The van der Waals surface area contributed by atoms with E-state index >= 15 is 0 Å². The van der Waals surface area contributed by atoms with Gasteiger partial charge in [-0.15, -0.1) is 0 Å². The van der Waals surface area contributed by atoms with Crippen molar-refractivity contribution in [2.24, 2.45) is 0 Å². The first kappa shape index (κ1) is 21.8. The van der Waals surface area contributed by atoms with E-state index in [2.05, 4.69) is 57.3 Å². The standard InChI is InChI=1S/C26H16FI2NO/c27-23-9-5-17(6-10-23)16-31-26-24(28)12-18(13-25(26)29)11-22(15-30)21-8-7-19-3-1-2-4-20(19)14-21/h1-14H,16H2/b22-11-. The number of benzene rings is 4. The largest absolute Gasteiger partial charge is 0.487 e. The third-order valence-electron chi connectivity index (χ3n) is 4.81. The van der Waals surface area contributed by atoms with Crippen LogP contribution in [0.2, 0.25) is 0 Å². The highest BCUT2D eigenvalue weighted by atomic mass is 127. The summed E-state index contributed by atoms with van der Waals surface area (Å²) in [6.45, 7) is 0.363. The summed E-state index contributed by atoms with van der Waals surface area (Å²) < 4.78 is 21.0. The highest BCUT2D eigenvalue weighted by Crippen LogP contribution is 2.31. The third-order valence-corrected chi connectivity index (χ3v) is 6.41. The molecule has 152 valence electrons. The van der Waals surface area contributed by atoms with E-state index in [1.54, 1.807) is 12.1 Å². The molecule has 0 bridgehead atoms. The lowest BCUT2D eigenvalue weighted by Crippen LogP contribution is -1.99. The highest BCUT2D eigenvalue weighted by Gasteiger charge is 2.10. The lowest BCUT2D eigenvalue weighted by atomic mass is 10.0. The third kappa shape index (κ3) is 5.25. The predicted molar refractivity (Wildman–Crippen MR) is 140 cm³/mol. The number of ether oxygens (including phenoxy) is 1. The van der Waals surface area contributed by atoms with Gasteiger partial charge in [0.25, 0.3) is 0 Å². The molecule has 0 saturated heterocycles. The molecular weight excluding hydrogens is 615 g/mol. The number of nitriles is 1. The Hall–Kier alpha value is -2.44. The normalized spacial score (nSPS) is 11.4. The summed E-state index contributed by atoms with van der Waals surface area (Å²) in [7, 11) is 0. The molecule has 0 fully saturated rings. The number of allylic oxidation sites excluding steroid dienone is 1. The summed E-state index contributed by atoms with van der Waals surface area (Å²) in [6.07, 6.45) is 1.90. The minimum atomic E-state index is -0.260. The topological polar surface area (TPSA) is 33.0 Å². The van der Waals surface area contributed by atoms with Crippen LogP contribution in [0, 0.1) is 24.3 Å². The Bertz CT molecular complexity index is 1300. The zero-order valence-electron chi connectivity index (χ0n) is 16.3. The fraction of sp³-hybridized carbons (Fsp3) is 0.0385. The molecule has 0 saturated carbocycles. The molecular formula is C26H16FI2NO. The van der Waals surface area contributed by atoms with Crippen molar-refractivity contribution in [2.45, 2.75) is 6.61 Å². The van der Waals surface area contributed by atoms with Crippen LogP contribution in [0.25, 0.3) is 22.4 Å². The van der Waals surface area contributed by atoms with E-state index in [1.165, 1.54) is 12.1 Å². The van der Waals surface area contributed by atoms with Crippen molar-refractivity contribution in [3.8, 4) is 11.8 Å². The Morgan fingerprint density at radius 1 is 0.903 bits per heavy atom. The van der Waals surface area contributed by atoms with Crippen LogP contribution in [-0.4, -0.2) is 0 Å². The van der Waals surface area contributed by atoms with Gasteiger partial charge in [0.15, 0.2) is 0 Å². The van der Waals surface area contributed by atoms with Crippen molar-refractivity contribution in [1.82, 2.24) is 0 Å². The molecule has 4 aromatic carbocycles. The van der Waals surface area contributed by atoms with Gasteiger partial charge in [0.2, 0.25) is 0 Å². The quantitative estimate of drug-likeness (QED) is 0.128. The first-order valence-electron chi connectivity index (χ1n) is 9.51. The molecule has 0 aliphatic rings. The van der Waals surface area contributed by atoms with Gasteiger partial charge in [-0.2, -0.15) is 5.26 Å². The number of halogens is 3. The van der Waals surface area contributed by atoms with Crippen molar-refractivity contribution < 1.29 is 9.13 Å². The zero-order chi connectivity index (χ0) is 21.8. The van der Waals surface area contributed by atoms with Crippen LogP contribution in [0.3, 0.4) is 0 Å². The molecule has 0 aromatic heterocycles. The summed E-state index contributed by atoms with van der Waals surface area (Å²) in [5.74, 6) is 0.524. The van der Waals surface area contributed by atoms with Gasteiger partial charge in [-0.3, -0.25) is 0 Å². The maximum absolute atomic E-state index is 13.1. The number of fused-ring (bicyclic) bond motifs is 1.